The lowest BCUT2D eigenvalue weighted by atomic mass is 10.1. The first-order valence-electron chi connectivity index (χ1n) is 8.41. The number of pyridine rings is 1. The molecule has 0 spiro atoms. The van der Waals surface area contributed by atoms with E-state index in [-0.39, 0.29) is 36.5 Å². The number of benzene rings is 1. The summed E-state index contributed by atoms with van der Waals surface area (Å²) in [7, 11) is 1.45. The number of anilines is 2. The number of halogens is 1. The fourth-order valence-corrected chi connectivity index (χ4v) is 2.63. The van der Waals surface area contributed by atoms with Crippen molar-refractivity contribution in [3.63, 3.8) is 0 Å². The van der Waals surface area contributed by atoms with Crippen LogP contribution in [0.4, 0.5) is 17.2 Å². The summed E-state index contributed by atoms with van der Waals surface area (Å²) in [6.45, 7) is 1.93. The molecule has 9 nitrogen and oxygen atoms in total. The smallest absolute Gasteiger partial charge is 0.307 e. The molecule has 1 aromatic carbocycles. The van der Waals surface area contributed by atoms with Crippen LogP contribution in [0.2, 0.25) is 0 Å². The fourth-order valence-electron chi connectivity index (χ4n) is 2.49. The van der Waals surface area contributed by atoms with E-state index in [0.717, 1.165) is 10.5 Å². The van der Waals surface area contributed by atoms with Crippen LogP contribution < -0.4 is 9.32 Å². The molecule has 0 unspecified atom stereocenters. The highest BCUT2D eigenvalue weighted by Gasteiger charge is 2.24. The normalized spacial score (nSPS) is 10.2. The first-order chi connectivity index (χ1) is 13.3. The van der Waals surface area contributed by atoms with Crippen LogP contribution in [0.3, 0.4) is 0 Å². The summed E-state index contributed by atoms with van der Waals surface area (Å²) in [5.74, 6) is -0.672. The van der Waals surface area contributed by atoms with Crippen LogP contribution >= 0.6 is 11.8 Å². The molecule has 1 heterocycles. The van der Waals surface area contributed by atoms with Crippen LogP contribution in [0.1, 0.15) is 23.7 Å². The Hall–Kier alpha value is -3.20. The van der Waals surface area contributed by atoms with Crippen LogP contribution in [0, 0.1) is 10.1 Å². The van der Waals surface area contributed by atoms with Crippen molar-refractivity contribution >= 4 is 40.8 Å². The van der Waals surface area contributed by atoms with Crippen molar-refractivity contribution in [3.8, 4) is 0 Å². The second kappa shape index (κ2) is 9.65. The van der Waals surface area contributed by atoms with Gasteiger partial charge in [0.15, 0.2) is 0 Å². The summed E-state index contributed by atoms with van der Waals surface area (Å²) in [5, 5.41) is 11.3. The van der Waals surface area contributed by atoms with Gasteiger partial charge in [-0.15, -0.1) is 0 Å². The second-order valence-electron chi connectivity index (χ2n) is 5.64. The number of hydrogen-bond donors (Lipinski definition) is 0. The summed E-state index contributed by atoms with van der Waals surface area (Å²) >= 11 is 5.83. The minimum Gasteiger partial charge on any atom is -0.466 e. The lowest BCUT2D eigenvalue weighted by molar-refractivity contribution is -0.384. The zero-order valence-corrected chi connectivity index (χ0v) is 16.1. The maximum atomic E-state index is 13.0. The molecule has 1 aromatic heterocycles. The molecule has 0 bridgehead atoms. The molecule has 0 aliphatic carbocycles. The number of amides is 1. The summed E-state index contributed by atoms with van der Waals surface area (Å²) in [6, 6.07) is 8.97. The molecule has 0 saturated carbocycles. The van der Waals surface area contributed by atoms with Gasteiger partial charge in [0.25, 0.3) is 11.6 Å². The predicted octanol–water partition coefficient (Wildman–Crippen LogP) is 3.18. The minimum absolute atomic E-state index is 0.0135. The highest BCUT2D eigenvalue weighted by atomic mass is 35.5. The molecular formula is C18H19ClN4O5. The third kappa shape index (κ3) is 5.17. The van der Waals surface area contributed by atoms with Gasteiger partial charge in [-0.25, -0.2) is 4.98 Å². The molecule has 0 atom stereocenters. The van der Waals surface area contributed by atoms with E-state index in [9.17, 15) is 19.7 Å². The van der Waals surface area contributed by atoms with E-state index in [1.807, 2.05) is 0 Å². The van der Waals surface area contributed by atoms with Gasteiger partial charge in [-0.2, -0.15) is 0 Å². The number of aromatic nitrogens is 1. The third-order valence-electron chi connectivity index (χ3n) is 3.77. The molecule has 0 radical (unpaired) electrons. The van der Waals surface area contributed by atoms with Gasteiger partial charge in [0, 0.05) is 43.2 Å². The molecule has 0 fully saturated rings. The Bertz CT molecular complexity index is 860. The molecule has 1 amide bonds. The van der Waals surface area contributed by atoms with Gasteiger partial charge < -0.3 is 4.74 Å². The van der Waals surface area contributed by atoms with Gasteiger partial charge in [-0.3, -0.25) is 29.0 Å². The zero-order valence-electron chi connectivity index (χ0n) is 15.4. The van der Waals surface area contributed by atoms with Crippen LogP contribution in [-0.2, 0) is 9.53 Å². The average molecular weight is 407 g/mol. The summed E-state index contributed by atoms with van der Waals surface area (Å²) in [6.07, 6.45) is 1.47. The van der Waals surface area contributed by atoms with E-state index in [2.05, 4.69) is 4.98 Å². The lowest BCUT2D eigenvalue weighted by Crippen LogP contribution is -2.34. The zero-order chi connectivity index (χ0) is 20.7. The largest absolute Gasteiger partial charge is 0.466 e. The van der Waals surface area contributed by atoms with Crippen molar-refractivity contribution in [2.75, 3.05) is 29.5 Å². The van der Waals surface area contributed by atoms with Gasteiger partial charge in [-0.1, -0.05) is 6.07 Å². The number of carbonyl (C=O) groups excluding carboxylic acids is 2. The lowest BCUT2D eigenvalue weighted by Gasteiger charge is -2.21. The van der Waals surface area contributed by atoms with E-state index in [1.165, 1.54) is 30.3 Å². The molecule has 0 saturated heterocycles. The van der Waals surface area contributed by atoms with E-state index in [1.54, 1.807) is 25.1 Å². The first-order valence-corrected chi connectivity index (χ1v) is 8.75. The van der Waals surface area contributed by atoms with Crippen molar-refractivity contribution in [1.29, 1.82) is 0 Å². The Kier molecular flexibility index (Phi) is 7.28. The number of nitro groups is 1. The highest BCUT2D eigenvalue weighted by molar-refractivity contribution is 6.26. The number of esters is 1. The number of nitro benzene ring substituents is 1. The van der Waals surface area contributed by atoms with Crippen molar-refractivity contribution < 1.29 is 19.2 Å². The summed E-state index contributed by atoms with van der Waals surface area (Å²) in [5.41, 5.74) is -0.0858. The molecule has 28 heavy (non-hydrogen) atoms. The van der Waals surface area contributed by atoms with E-state index in [4.69, 9.17) is 16.5 Å². The standard InChI is InChI=1S/C18H19ClN4O5/c1-3-28-17(24)9-11-22(16-6-4-5-10-20-16)18(25)13-7-8-14(21(2)19)15(12-13)23(26)27/h4-8,10,12H,3,9,11H2,1-2H3. The number of nitrogens with zero attached hydrogens (tertiary/aromatic N) is 4. The topological polar surface area (TPSA) is 106 Å². The monoisotopic (exact) mass is 406 g/mol. The van der Waals surface area contributed by atoms with Crippen LogP contribution in [0.15, 0.2) is 42.6 Å². The maximum absolute atomic E-state index is 13.0. The fraction of sp³-hybridized carbons (Fsp3) is 0.278. The van der Waals surface area contributed by atoms with Gasteiger partial charge >= 0.3 is 5.97 Å². The number of hydrogen-bond acceptors (Lipinski definition) is 7. The van der Waals surface area contributed by atoms with Crippen molar-refractivity contribution in [3.05, 3.63) is 58.3 Å². The molecule has 0 aliphatic rings. The molecule has 0 N–H and O–H groups in total. The average Bonchev–Trinajstić information content (AvgIpc) is 2.68. The molecule has 2 rings (SSSR count). The minimum atomic E-state index is -0.616. The number of rotatable bonds is 8. The first kappa shape index (κ1) is 21.1. The molecular weight excluding hydrogens is 388 g/mol. The maximum Gasteiger partial charge on any atom is 0.307 e. The van der Waals surface area contributed by atoms with Gasteiger partial charge in [0.2, 0.25) is 0 Å². The second-order valence-corrected chi connectivity index (χ2v) is 6.14. The Morgan fingerprint density at radius 3 is 2.61 bits per heavy atom. The van der Waals surface area contributed by atoms with Crippen molar-refractivity contribution in [2.45, 2.75) is 13.3 Å². The van der Waals surface area contributed by atoms with E-state index < -0.39 is 16.8 Å². The number of carbonyl (C=O) groups is 2. The Morgan fingerprint density at radius 1 is 1.29 bits per heavy atom. The van der Waals surface area contributed by atoms with Crippen LogP contribution in [0.25, 0.3) is 0 Å². The Morgan fingerprint density at radius 2 is 2.04 bits per heavy atom. The van der Waals surface area contributed by atoms with Gasteiger partial charge in [0.1, 0.15) is 11.5 Å². The molecule has 2 aromatic rings. The van der Waals surface area contributed by atoms with E-state index in [0.29, 0.717) is 5.82 Å². The molecule has 10 heteroatoms. The van der Waals surface area contributed by atoms with Gasteiger partial charge in [0.05, 0.1) is 18.0 Å². The summed E-state index contributed by atoms with van der Waals surface area (Å²) in [4.78, 5) is 40.9. The summed E-state index contributed by atoms with van der Waals surface area (Å²) < 4.78 is 5.97. The highest BCUT2D eigenvalue weighted by Crippen LogP contribution is 2.30. The number of ether oxygens (including phenoxy) is 1. The van der Waals surface area contributed by atoms with Gasteiger partial charge in [-0.05, 0) is 31.2 Å². The Labute approximate surface area is 166 Å². The van der Waals surface area contributed by atoms with Crippen LogP contribution in [0.5, 0.6) is 0 Å². The Balaban J connectivity index is 2.37. The third-order valence-corrected chi connectivity index (χ3v) is 3.95. The van der Waals surface area contributed by atoms with Crippen LogP contribution in [-0.4, -0.2) is 42.0 Å². The van der Waals surface area contributed by atoms with E-state index >= 15 is 0 Å². The molecule has 148 valence electrons. The van der Waals surface area contributed by atoms with Crippen molar-refractivity contribution in [1.82, 2.24) is 4.98 Å². The van der Waals surface area contributed by atoms with Crippen molar-refractivity contribution in [2.24, 2.45) is 0 Å². The quantitative estimate of drug-likeness (QED) is 0.287. The SMILES string of the molecule is CCOC(=O)CCN(C(=O)c1ccc(N(C)Cl)c([N+](=O)[O-])c1)c1ccccn1. The molecule has 0 aliphatic heterocycles. The predicted molar refractivity (Wildman–Crippen MR) is 105 cm³/mol.